The summed E-state index contributed by atoms with van der Waals surface area (Å²) in [7, 11) is 1.44. The topological polar surface area (TPSA) is 75.6 Å². The number of nitrogens with one attached hydrogen (secondary N) is 1. The van der Waals surface area contributed by atoms with Crippen LogP contribution in [0.1, 0.15) is 5.56 Å². The van der Waals surface area contributed by atoms with Crippen molar-refractivity contribution in [3.05, 3.63) is 35.9 Å². The van der Waals surface area contributed by atoms with E-state index in [1.807, 2.05) is 0 Å². The van der Waals surface area contributed by atoms with Crippen LogP contribution in [0, 0.1) is 0 Å². The molecule has 1 aromatic rings. The van der Waals surface area contributed by atoms with Crippen LogP contribution in [0.3, 0.4) is 0 Å². The lowest BCUT2D eigenvalue weighted by Crippen LogP contribution is -2.16. The number of aliphatic carboxylic acids is 1. The Bertz CT molecular complexity index is 440. The molecule has 0 fully saturated rings. The standard InChI is InChI=1S/C12H13NO4/c1-17-8-11(14)13-10-4-2-3-9(7-10)5-6-12(15)16/h2-7H,8H2,1H3,(H,13,14)(H,15,16)/b6-5+. The number of rotatable bonds is 5. The molecule has 5 heteroatoms. The van der Waals surface area contributed by atoms with Gasteiger partial charge in [-0.2, -0.15) is 0 Å². The van der Waals surface area contributed by atoms with Crippen LogP contribution in [0.4, 0.5) is 5.69 Å². The molecule has 0 saturated heterocycles. The fourth-order valence-corrected chi connectivity index (χ4v) is 1.22. The highest BCUT2D eigenvalue weighted by Gasteiger charge is 2.01. The zero-order valence-corrected chi connectivity index (χ0v) is 9.34. The molecule has 1 rings (SSSR count). The van der Waals surface area contributed by atoms with E-state index in [9.17, 15) is 9.59 Å². The van der Waals surface area contributed by atoms with Crippen molar-refractivity contribution in [3.8, 4) is 0 Å². The van der Waals surface area contributed by atoms with E-state index in [1.54, 1.807) is 24.3 Å². The summed E-state index contributed by atoms with van der Waals surface area (Å²) in [4.78, 5) is 21.6. The van der Waals surface area contributed by atoms with Crippen LogP contribution in [0.2, 0.25) is 0 Å². The molecule has 0 bridgehead atoms. The zero-order valence-electron chi connectivity index (χ0n) is 9.34. The van der Waals surface area contributed by atoms with Crippen molar-refractivity contribution in [1.29, 1.82) is 0 Å². The lowest BCUT2D eigenvalue weighted by Gasteiger charge is -2.04. The number of amides is 1. The minimum atomic E-state index is -1.01. The van der Waals surface area contributed by atoms with Gasteiger partial charge in [0.05, 0.1) is 0 Å². The fourth-order valence-electron chi connectivity index (χ4n) is 1.22. The first-order valence-electron chi connectivity index (χ1n) is 4.91. The van der Waals surface area contributed by atoms with Gasteiger partial charge in [-0.25, -0.2) is 4.79 Å². The van der Waals surface area contributed by atoms with E-state index in [0.717, 1.165) is 6.08 Å². The molecule has 1 amide bonds. The molecular weight excluding hydrogens is 222 g/mol. The maximum Gasteiger partial charge on any atom is 0.328 e. The van der Waals surface area contributed by atoms with Gasteiger partial charge in [-0.15, -0.1) is 0 Å². The molecule has 0 saturated carbocycles. The van der Waals surface area contributed by atoms with Crippen molar-refractivity contribution in [1.82, 2.24) is 0 Å². The van der Waals surface area contributed by atoms with Crippen LogP contribution in [-0.4, -0.2) is 30.7 Å². The molecule has 0 unspecified atom stereocenters. The second-order valence-corrected chi connectivity index (χ2v) is 3.28. The predicted molar refractivity (Wildman–Crippen MR) is 63.6 cm³/mol. The number of methoxy groups -OCH3 is 1. The van der Waals surface area contributed by atoms with Gasteiger partial charge in [0.15, 0.2) is 0 Å². The van der Waals surface area contributed by atoms with Crippen LogP contribution in [-0.2, 0) is 14.3 Å². The smallest absolute Gasteiger partial charge is 0.328 e. The van der Waals surface area contributed by atoms with E-state index in [1.165, 1.54) is 13.2 Å². The number of carboxylic acid groups (broad SMARTS) is 1. The summed E-state index contributed by atoms with van der Waals surface area (Å²) in [5, 5.41) is 11.1. The Labute approximate surface area is 98.7 Å². The van der Waals surface area contributed by atoms with Gasteiger partial charge in [-0.1, -0.05) is 12.1 Å². The third kappa shape index (κ3) is 4.94. The van der Waals surface area contributed by atoms with Gasteiger partial charge in [0.25, 0.3) is 0 Å². The van der Waals surface area contributed by atoms with Crippen LogP contribution in [0.25, 0.3) is 6.08 Å². The highest BCUT2D eigenvalue weighted by molar-refractivity contribution is 5.92. The molecule has 1 aromatic carbocycles. The first-order chi connectivity index (χ1) is 8.11. The highest BCUT2D eigenvalue weighted by Crippen LogP contribution is 2.11. The number of benzene rings is 1. The highest BCUT2D eigenvalue weighted by atomic mass is 16.5. The summed E-state index contributed by atoms with van der Waals surface area (Å²) < 4.78 is 4.68. The Hall–Kier alpha value is -2.14. The summed E-state index contributed by atoms with van der Waals surface area (Å²) in [5.74, 6) is -1.27. The Morgan fingerprint density at radius 3 is 2.88 bits per heavy atom. The first-order valence-corrected chi connectivity index (χ1v) is 4.91. The van der Waals surface area contributed by atoms with Crippen molar-refractivity contribution in [2.75, 3.05) is 19.0 Å². The molecule has 0 atom stereocenters. The van der Waals surface area contributed by atoms with E-state index < -0.39 is 5.97 Å². The van der Waals surface area contributed by atoms with Crippen molar-refractivity contribution < 1.29 is 19.4 Å². The number of anilines is 1. The normalized spacial score (nSPS) is 10.4. The zero-order chi connectivity index (χ0) is 12.7. The molecule has 0 radical (unpaired) electrons. The minimum absolute atomic E-state index is 0.0187. The molecular formula is C12H13NO4. The SMILES string of the molecule is COCC(=O)Nc1cccc(/C=C/C(=O)O)c1. The monoisotopic (exact) mass is 235 g/mol. The van der Waals surface area contributed by atoms with Gasteiger partial charge in [-0.3, -0.25) is 4.79 Å². The van der Waals surface area contributed by atoms with Gasteiger partial charge in [0.1, 0.15) is 6.61 Å². The van der Waals surface area contributed by atoms with Gasteiger partial charge in [-0.05, 0) is 23.8 Å². The summed E-state index contributed by atoms with van der Waals surface area (Å²) in [5.41, 5.74) is 1.29. The average molecular weight is 235 g/mol. The largest absolute Gasteiger partial charge is 0.478 e. The third-order valence-electron chi connectivity index (χ3n) is 1.86. The van der Waals surface area contributed by atoms with E-state index >= 15 is 0 Å². The molecule has 17 heavy (non-hydrogen) atoms. The fraction of sp³-hybridized carbons (Fsp3) is 0.167. The van der Waals surface area contributed by atoms with Crippen molar-refractivity contribution in [2.45, 2.75) is 0 Å². The van der Waals surface area contributed by atoms with E-state index in [-0.39, 0.29) is 12.5 Å². The number of ether oxygens (including phenoxy) is 1. The molecule has 0 aliphatic carbocycles. The minimum Gasteiger partial charge on any atom is -0.478 e. The summed E-state index contributed by atoms with van der Waals surface area (Å²) in [6.07, 6.45) is 2.49. The Balaban J connectivity index is 2.72. The Kier molecular flexibility index (Phi) is 4.90. The quantitative estimate of drug-likeness (QED) is 0.756. The van der Waals surface area contributed by atoms with Crippen molar-refractivity contribution >= 4 is 23.6 Å². The van der Waals surface area contributed by atoms with Crippen molar-refractivity contribution in [3.63, 3.8) is 0 Å². The van der Waals surface area contributed by atoms with E-state index in [2.05, 4.69) is 10.1 Å². The molecule has 90 valence electrons. The lowest BCUT2D eigenvalue weighted by atomic mass is 10.2. The molecule has 0 heterocycles. The maximum atomic E-state index is 11.2. The number of carbonyl (C=O) groups excluding carboxylic acids is 1. The van der Waals surface area contributed by atoms with Crippen LogP contribution in [0.15, 0.2) is 30.3 Å². The van der Waals surface area contributed by atoms with Crippen molar-refractivity contribution in [2.24, 2.45) is 0 Å². The van der Waals surface area contributed by atoms with Gasteiger partial charge < -0.3 is 15.2 Å². The molecule has 0 spiro atoms. The van der Waals surface area contributed by atoms with Crippen LogP contribution < -0.4 is 5.32 Å². The van der Waals surface area contributed by atoms with Gasteiger partial charge in [0, 0.05) is 18.9 Å². The summed E-state index contributed by atoms with van der Waals surface area (Å²) in [6.45, 7) is -0.0187. The molecule has 0 aliphatic rings. The molecule has 5 nitrogen and oxygen atoms in total. The van der Waals surface area contributed by atoms with Gasteiger partial charge in [0.2, 0.25) is 5.91 Å². The lowest BCUT2D eigenvalue weighted by molar-refractivity contribution is -0.131. The molecule has 2 N–H and O–H groups in total. The second kappa shape index (κ2) is 6.44. The first kappa shape index (κ1) is 12.9. The van der Waals surface area contributed by atoms with Crippen LogP contribution >= 0.6 is 0 Å². The van der Waals surface area contributed by atoms with Gasteiger partial charge >= 0.3 is 5.97 Å². The molecule has 0 aromatic heterocycles. The number of carbonyl (C=O) groups is 2. The Morgan fingerprint density at radius 2 is 2.24 bits per heavy atom. The average Bonchev–Trinajstić information content (AvgIpc) is 2.27. The maximum absolute atomic E-state index is 11.2. The number of hydrogen-bond donors (Lipinski definition) is 2. The Morgan fingerprint density at radius 1 is 1.47 bits per heavy atom. The molecule has 0 aliphatic heterocycles. The number of carboxylic acids is 1. The van der Waals surface area contributed by atoms with E-state index in [0.29, 0.717) is 11.3 Å². The van der Waals surface area contributed by atoms with E-state index in [4.69, 9.17) is 5.11 Å². The second-order valence-electron chi connectivity index (χ2n) is 3.28. The number of hydrogen-bond acceptors (Lipinski definition) is 3. The third-order valence-corrected chi connectivity index (χ3v) is 1.86. The summed E-state index contributed by atoms with van der Waals surface area (Å²) >= 11 is 0. The summed E-state index contributed by atoms with van der Waals surface area (Å²) in [6, 6.07) is 6.86. The van der Waals surface area contributed by atoms with Crippen LogP contribution in [0.5, 0.6) is 0 Å². The predicted octanol–water partition coefficient (Wildman–Crippen LogP) is 1.37.